The summed E-state index contributed by atoms with van der Waals surface area (Å²) in [6.45, 7) is -0.898. The fraction of sp³-hybridized carbons (Fsp3) is 0.643. The fourth-order valence-electron chi connectivity index (χ4n) is 3.38. The molecule has 4 rings (SSSR count). The highest BCUT2D eigenvalue weighted by molar-refractivity contribution is 7.60. The number of halogens is 1. The van der Waals surface area contributed by atoms with E-state index in [1.807, 2.05) is 11.9 Å². The predicted octanol–water partition coefficient (Wildman–Crippen LogP) is -0.170. The molecule has 0 bridgehead atoms. The molecule has 32 heavy (non-hydrogen) atoms. The molecule has 0 radical (unpaired) electrons. The molecule has 6 N–H and O–H groups in total. The Balaban J connectivity index is 1.55. The lowest BCUT2D eigenvalue weighted by Gasteiger charge is -2.19. The number of anilines is 2. The maximum atomic E-state index is 14.9. The molecule has 2 aromatic rings. The Hall–Kier alpha value is -1.74. The summed E-state index contributed by atoms with van der Waals surface area (Å²) in [7, 11) is -8.71. The van der Waals surface area contributed by atoms with Crippen LogP contribution in [0.25, 0.3) is 11.2 Å². The van der Waals surface area contributed by atoms with Crippen molar-refractivity contribution in [3.05, 3.63) is 6.33 Å². The van der Waals surface area contributed by atoms with Crippen LogP contribution in [0.1, 0.15) is 19.1 Å². The van der Waals surface area contributed by atoms with Crippen molar-refractivity contribution in [2.75, 3.05) is 24.3 Å². The molecule has 15 nitrogen and oxygen atoms in total. The smallest absolute Gasteiger partial charge is 0.387 e. The zero-order valence-corrected chi connectivity index (χ0v) is 18.3. The Morgan fingerprint density at radius 3 is 2.66 bits per heavy atom. The molecule has 1 saturated heterocycles. The van der Waals surface area contributed by atoms with Crippen molar-refractivity contribution in [3.63, 3.8) is 0 Å². The van der Waals surface area contributed by atoms with Gasteiger partial charge in [0.2, 0.25) is 5.95 Å². The zero-order valence-electron chi connectivity index (χ0n) is 16.5. The topological polar surface area (TPSA) is 216 Å². The number of phosphoric acid groups is 2. The number of nitrogens with two attached hydrogens (primary N) is 1. The van der Waals surface area contributed by atoms with E-state index in [2.05, 4.69) is 23.8 Å². The molecule has 0 aromatic carbocycles. The number of rotatable bonds is 8. The highest BCUT2D eigenvalue weighted by Gasteiger charge is 2.47. The van der Waals surface area contributed by atoms with E-state index in [4.69, 9.17) is 20.3 Å². The van der Waals surface area contributed by atoms with Gasteiger partial charge in [-0.1, -0.05) is 0 Å². The fourth-order valence-corrected chi connectivity index (χ4v) is 4.97. The average molecular weight is 498 g/mol. The third kappa shape index (κ3) is 4.78. The van der Waals surface area contributed by atoms with Crippen LogP contribution in [-0.2, 0) is 22.7 Å². The van der Waals surface area contributed by atoms with Gasteiger partial charge in [0.25, 0.3) is 0 Å². The highest BCUT2D eigenvalue weighted by atomic mass is 31.3. The first-order valence-electron chi connectivity index (χ1n) is 9.31. The third-order valence-corrected chi connectivity index (χ3v) is 7.18. The van der Waals surface area contributed by atoms with Gasteiger partial charge in [0, 0.05) is 13.1 Å². The van der Waals surface area contributed by atoms with Gasteiger partial charge in [-0.25, -0.2) is 18.5 Å². The number of nitrogen functional groups attached to an aromatic ring is 1. The van der Waals surface area contributed by atoms with Gasteiger partial charge in [-0.3, -0.25) is 9.09 Å². The molecule has 0 spiro atoms. The Morgan fingerprint density at radius 1 is 1.34 bits per heavy atom. The van der Waals surface area contributed by atoms with Crippen molar-refractivity contribution in [3.8, 4) is 0 Å². The minimum atomic E-state index is -5.33. The molecule has 1 aliphatic heterocycles. The number of phosphoric ester groups is 1. The van der Waals surface area contributed by atoms with Crippen LogP contribution >= 0.6 is 15.6 Å². The molecule has 2 fully saturated rings. The van der Waals surface area contributed by atoms with Crippen molar-refractivity contribution in [1.29, 1.82) is 0 Å². The summed E-state index contributed by atoms with van der Waals surface area (Å²) in [6.07, 6.45) is -3.55. The van der Waals surface area contributed by atoms with Crippen LogP contribution in [-0.4, -0.2) is 77.4 Å². The summed E-state index contributed by atoms with van der Waals surface area (Å²) < 4.78 is 51.9. The summed E-state index contributed by atoms with van der Waals surface area (Å²) in [5.41, 5.74) is 6.31. The summed E-state index contributed by atoms with van der Waals surface area (Å²) in [6, 6.07) is 0.280. The van der Waals surface area contributed by atoms with E-state index in [1.165, 1.54) is 10.9 Å². The Kier molecular flexibility index (Phi) is 6.03. The number of nitrogens with zero attached hydrogens (tertiary/aromatic N) is 5. The van der Waals surface area contributed by atoms with Crippen molar-refractivity contribution in [2.45, 2.75) is 43.5 Å². The SMILES string of the molecule is CN(c1nc(N)nc2c1ncn2[C@@H]1O[C@H](COP(=O)(O)OP(=O)(O)O)[C@@H](O)[C@@H]1F)C1CC1. The monoisotopic (exact) mass is 498 g/mol. The van der Waals surface area contributed by atoms with Crippen molar-refractivity contribution in [2.24, 2.45) is 0 Å². The number of alkyl halides is 1. The lowest BCUT2D eigenvalue weighted by molar-refractivity contribution is -0.0450. The third-order valence-electron chi connectivity index (χ3n) is 5.03. The molecule has 5 atom stereocenters. The molecule has 2 aromatic heterocycles. The van der Waals surface area contributed by atoms with Gasteiger partial charge < -0.3 is 35.2 Å². The normalized spacial score (nSPS) is 28.2. The molecule has 1 saturated carbocycles. The number of aromatic nitrogens is 4. The number of imidazole rings is 1. The van der Waals surface area contributed by atoms with Crippen LogP contribution in [0.4, 0.5) is 16.2 Å². The quantitative estimate of drug-likeness (QED) is 0.299. The van der Waals surface area contributed by atoms with Gasteiger partial charge in [0.1, 0.15) is 12.2 Å². The van der Waals surface area contributed by atoms with Crippen LogP contribution in [0.15, 0.2) is 6.33 Å². The number of hydrogen-bond donors (Lipinski definition) is 5. The average Bonchev–Trinajstić information content (AvgIpc) is 3.38. The number of fused-ring (bicyclic) bond motifs is 1. The van der Waals surface area contributed by atoms with E-state index in [9.17, 15) is 23.5 Å². The highest BCUT2D eigenvalue weighted by Crippen LogP contribution is 2.57. The number of aliphatic hydroxyl groups excluding tert-OH is 1. The van der Waals surface area contributed by atoms with Crippen LogP contribution < -0.4 is 10.6 Å². The molecule has 18 heteroatoms. The molecular formula is C14H21FN6O9P2. The van der Waals surface area contributed by atoms with E-state index < -0.39 is 46.9 Å². The predicted molar refractivity (Wildman–Crippen MR) is 105 cm³/mol. The first kappa shape index (κ1) is 23.4. The van der Waals surface area contributed by atoms with E-state index in [0.29, 0.717) is 11.3 Å². The summed E-state index contributed by atoms with van der Waals surface area (Å²) in [5, 5.41) is 10.2. The van der Waals surface area contributed by atoms with Crippen LogP contribution in [0.5, 0.6) is 0 Å². The molecule has 1 aliphatic carbocycles. The second kappa shape index (κ2) is 8.24. The molecular weight excluding hydrogens is 477 g/mol. The van der Waals surface area contributed by atoms with E-state index in [0.717, 1.165) is 12.8 Å². The molecule has 0 amide bonds. The summed E-state index contributed by atoms with van der Waals surface area (Å²) >= 11 is 0. The van der Waals surface area contributed by atoms with Crippen molar-refractivity contribution in [1.82, 2.24) is 19.5 Å². The second-order valence-electron chi connectivity index (χ2n) is 7.41. The van der Waals surface area contributed by atoms with Gasteiger partial charge in [0.15, 0.2) is 29.4 Å². The Bertz CT molecular complexity index is 1110. The second-order valence-corrected chi connectivity index (χ2v) is 10.2. The lowest BCUT2D eigenvalue weighted by atomic mass is 10.1. The first-order valence-corrected chi connectivity index (χ1v) is 12.3. The number of hydrogen-bond acceptors (Lipinski definition) is 11. The van der Waals surface area contributed by atoms with Gasteiger partial charge in [-0.2, -0.15) is 14.3 Å². The minimum Gasteiger partial charge on any atom is -0.387 e. The van der Waals surface area contributed by atoms with Gasteiger partial charge in [-0.15, -0.1) is 0 Å². The van der Waals surface area contributed by atoms with E-state index in [1.54, 1.807) is 0 Å². The molecule has 3 heterocycles. The maximum Gasteiger partial charge on any atom is 0.481 e. The molecule has 2 aliphatic rings. The minimum absolute atomic E-state index is 0.0774. The Morgan fingerprint density at radius 2 is 2.03 bits per heavy atom. The summed E-state index contributed by atoms with van der Waals surface area (Å²) in [5.74, 6) is 0.379. The van der Waals surface area contributed by atoms with Crippen molar-refractivity contribution >= 4 is 38.6 Å². The zero-order chi connectivity index (χ0) is 23.4. The van der Waals surface area contributed by atoms with Crippen molar-refractivity contribution < 1.29 is 46.9 Å². The van der Waals surface area contributed by atoms with E-state index in [-0.39, 0.29) is 17.6 Å². The Labute approximate surface area is 179 Å². The lowest BCUT2D eigenvalue weighted by Crippen LogP contribution is -2.31. The molecule has 178 valence electrons. The van der Waals surface area contributed by atoms with Gasteiger partial charge >= 0.3 is 15.6 Å². The standard InChI is InChI=1S/C14H21FN6O9P2/c1-20(6-2-3-6)11-9-12(19-14(16)18-11)21(5-17-9)13-8(15)10(22)7(29-13)4-28-32(26,27)30-31(23,24)25/h5-8,10,13,22H,2-4H2,1H3,(H,26,27)(H2,16,18,19)(H2,23,24,25)/t7-,8+,10-,13-/m1/s1. The van der Waals surface area contributed by atoms with Crippen LogP contribution in [0, 0.1) is 0 Å². The first-order chi connectivity index (χ1) is 14.9. The van der Waals surface area contributed by atoms with Gasteiger partial charge in [-0.05, 0) is 12.8 Å². The molecule has 1 unspecified atom stereocenters. The largest absolute Gasteiger partial charge is 0.481 e. The maximum absolute atomic E-state index is 14.9. The van der Waals surface area contributed by atoms with Crippen LogP contribution in [0.3, 0.4) is 0 Å². The summed E-state index contributed by atoms with van der Waals surface area (Å²) in [4.78, 5) is 41.1. The van der Waals surface area contributed by atoms with E-state index >= 15 is 0 Å². The van der Waals surface area contributed by atoms with Gasteiger partial charge in [0.05, 0.1) is 12.9 Å². The van der Waals surface area contributed by atoms with Crippen LogP contribution in [0.2, 0.25) is 0 Å². The number of aliphatic hydroxyl groups is 1. The number of ether oxygens (including phenoxy) is 1.